The second-order valence-corrected chi connectivity index (χ2v) is 4.70. The molecular formula is C12H15NO3. The van der Waals surface area contributed by atoms with Crippen LogP contribution in [-0.4, -0.2) is 22.7 Å². The number of hydrogen-bond donors (Lipinski definition) is 3. The van der Waals surface area contributed by atoms with Gasteiger partial charge < -0.3 is 15.5 Å². The number of carboxylic acids is 1. The number of rotatable bonds is 2. The molecule has 0 radical (unpaired) electrons. The average Bonchev–Trinajstić information content (AvgIpc) is 2.63. The molecule has 1 atom stereocenters. The third-order valence-electron chi connectivity index (χ3n) is 3.35. The van der Waals surface area contributed by atoms with Crippen LogP contribution in [0.3, 0.4) is 0 Å². The number of fused-ring (bicyclic) bond motifs is 1. The summed E-state index contributed by atoms with van der Waals surface area (Å²) in [6.07, 6.45) is 0. The molecule has 1 aromatic carbocycles. The highest BCUT2D eigenvalue weighted by molar-refractivity contribution is 5.78. The molecule has 2 rings (SSSR count). The second kappa shape index (κ2) is 3.40. The maximum Gasteiger partial charge on any atom is 0.309 e. The van der Waals surface area contributed by atoms with Crippen molar-refractivity contribution in [2.24, 2.45) is 5.41 Å². The SMILES string of the molecule is CC(C)(C(=O)O)C1CNc2cccc(O)c21. The van der Waals surface area contributed by atoms with Crippen LogP contribution in [0.1, 0.15) is 25.3 Å². The van der Waals surface area contributed by atoms with Crippen molar-refractivity contribution in [2.45, 2.75) is 19.8 Å². The van der Waals surface area contributed by atoms with Crippen LogP contribution >= 0.6 is 0 Å². The normalized spacial score (nSPS) is 19.0. The van der Waals surface area contributed by atoms with Crippen LogP contribution in [0, 0.1) is 5.41 Å². The van der Waals surface area contributed by atoms with Gasteiger partial charge in [0.2, 0.25) is 0 Å². The Hall–Kier alpha value is -1.71. The van der Waals surface area contributed by atoms with Crippen molar-refractivity contribution in [3.63, 3.8) is 0 Å². The number of carbonyl (C=O) groups is 1. The fourth-order valence-corrected chi connectivity index (χ4v) is 2.15. The van der Waals surface area contributed by atoms with Crippen LogP contribution < -0.4 is 5.32 Å². The van der Waals surface area contributed by atoms with E-state index in [0.717, 1.165) is 11.3 Å². The smallest absolute Gasteiger partial charge is 0.309 e. The molecular weight excluding hydrogens is 206 g/mol. The van der Waals surface area contributed by atoms with Crippen molar-refractivity contribution in [1.82, 2.24) is 0 Å². The van der Waals surface area contributed by atoms with E-state index in [9.17, 15) is 15.0 Å². The molecule has 0 aliphatic carbocycles. The van der Waals surface area contributed by atoms with Gasteiger partial charge in [0, 0.05) is 23.7 Å². The van der Waals surface area contributed by atoms with Gasteiger partial charge in [-0.3, -0.25) is 4.79 Å². The second-order valence-electron chi connectivity index (χ2n) is 4.70. The van der Waals surface area contributed by atoms with E-state index in [1.165, 1.54) is 0 Å². The van der Waals surface area contributed by atoms with Gasteiger partial charge in [-0.1, -0.05) is 6.07 Å². The number of benzene rings is 1. The van der Waals surface area contributed by atoms with E-state index in [1.54, 1.807) is 26.0 Å². The van der Waals surface area contributed by atoms with Crippen LogP contribution in [0.4, 0.5) is 5.69 Å². The first-order valence-electron chi connectivity index (χ1n) is 5.23. The predicted molar refractivity (Wildman–Crippen MR) is 60.8 cm³/mol. The average molecular weight is 221 g/mol. The Labute approximate surface area is 93.9 Å². The first-order valence-corrected chi connectivity index (χ1v) is 5.23. The molecule has 0 saturated heterocycles. The van der Waals surface area contributed by atoms with Gasteiger partial charge in [-0.2, -0.15) is 0 Å². The molecule has 1 aliphatic rings. The topological polar surface area (TPSA) is 69.6 Å². The zero-order chi connectivity index (χ0) is 11.9. The highest BCUT2D eigenvalue weighted by atomic mass is 16.4. The van der Waals surface area contributed by atoms with E-state index in [0.29, 0.717) is 6.54 Å². The van der Waals surface area contributed by atoms with Gasteiger partial charge in [0.15, 0.2) is 0 Å². The van der Waals surface area contributed by atoms with E-state index >= 15 is 0 Å². The van der Waals surface area contributed by atoms with Crippen molar-refractivity contribution in [1.29, 1.82) is 0 Å². The summed E-state index contributed by atoms with van der Waals surface area (Å²) in [7, 11) is 0. The summed E-state index contributed by atoms with van der Waals surface area (Å²) >= 11 is 0. The number of aliphatic carboxylic acids is 1. The highest BCUT2D eigenvalue weighted by Crippen LogP contribution is 2.46. The quantitative estimate of drug-likeness (QED) is 0.714. The third kappa shape index (κ3) is 1.41. The van der Waals surface area contributed by atoms with Gasteiger partial charge in [0.05, 0.1) is 5.41 Å². The molecule has 4 nitrogen and oxygen atoms in total. The number of anilines is 1. The summed E-state index contributed by atoms with van der Waals surface area (Å²) in [5.74, 6) is -0.890. The Morgan fingerprint density at radius 1 is 1.50 bits per heavy atom. The standard InChI is InChI=1S/C12H15NO3/c1-12(2,11(15)16)7-6-13-8-4-3-5-9(14)10(7)8/h3-5,7,13-14H,6H2,1-2H3,(H,15,16). The minimum atomic E-state index is -0.892. The van der Waals surface area contributed by atoms with E-state index in [2.05, 4.69) is 5.32 Å². The fraction of sp³-hybridized carbons (Fsp3) is 0.417. The molecule has 4 heteroatoms. The molecule has 0 saturated carbocycles. The number of phenols is 1. The summed E-state index contributed by atoms with van der Waals surface area (Å²) in [5.41, 5.74) is 0.658. The van der Waals surface area contributed by atoms with Crippen LogP contribution in [-0.2, 0) is 4.79 Å². The first kappa shape index (κ1) is 10.8. The molecule has 0 aromatic heterocycles. The summed E-state index contributed by atoms with van der Waals surface area (Å²) in [5, 5.41) is 22.2. The van der Waals surface area contributed by atoms with Crippen LogP contribution in [0.15, 0.2) is 18.2 Å². The summed E-state index contributed by atoms with van der Waals surface area (Å²) in [6, 6.07) is 5.20. The third-order valence-corrected chi connectivity index (χ3v) is 3.35. The van der Waals surface area contributed by atoms with Crippen LogP contribution in [0.5, 0.6) is 5.75 Å². The number of aromatic hydroxyl groups is 1. The molecule has 86 valence electrons. The lowest BCUT2D eigenvalue weighted by atomic mass is 9.76. The molecule has 1 aromatic rings. The summed E-state index contributed by atoms with van der Waals surface area (Å²) in [6.45, 7) is 3.92. The molecule has 1 unspecified atom stereocenters. The Bertz CT molecular complexity index is 440. The number of nitrogens with one attached hydrogen (secondary N) is 1. The molecule has 3 N–H and O–H groups in total. The van der Waals surface area contributed by atoms with Crippen molar-refractivity contribution in [2.75, 3.05) is 11.9 Å². The fourth-order valence-electron chi connectivity index (χ4n) is 2.15. The Morgan fingerprint density at radius 3 is 2.81 bits per heavy atom. The molecule has 0 bridgehead atoms. The Morgan fingerprint density at radius 2 is 2.19 bits per heavy atom. The Kier molecular flexibility index (Phi) is 2.30. The van der Waals surface area contributed by atoms with Gasteiger partial charge in [-0.15, -0.1) is 0 Å². The minimum absolute atomic E-state index is 0.168. The molecule has 16 heavy (non-hydrogen) atoms. The van der Waals surface area contributed by atoms with Crippen molar-refractivity contribution in [3.05, 3.63) is 23.8 Å². The monoisotopic (exact) mass is 221 g/mol. The van der Waals surface area contributed by atoms with Gasteiger partial charge in [0.1, 0.15) is 5.75 Å². The van der Waals surface area contributed by atoms with Gasteiger partial charge in [-0.25, -0.2) is 0 Å². The summed E-state index contributed by atoms with van der Waals surface area (Å²) < 4.78 is 0. The zero-order valence-corrected chi connectivity index (χ0v) is 9.32. The number of carboxylic acid groups (broad SMARTS) is 1. The van der Waals surface area contributed by atoms with E-state index in [-0.39, 0.29) is 11.7 Å². The lowest BCUT2D eigenvalue weighted by molar-refractivity contribution is -0.148. The van der Waals surface area contributed by atoms with Crippen molar-refractivity contribution in [3.8, 4) is 5.75 Å². The predicted octanol–water partition coefficient (Wildman–Crippen LogP) is 2.01. The van der Waals surface area contributed by atoms with Gasteiger partial charge in [-0.05, 0) is 26.0 Å². The lowest BCUT2D eigenvalue weighted by Gasteiger charge is -2.27. The van der Waals surface area contributed by atoms with Crippen LogP contribution in [0.25, 0.3) is 0 Å². The molecule has 0 fully saturated rings. The minimum Gasteiger partial charge on any atom is -0.508 e. The maximum atomic E-state index is 11.2. The molecule has 1 heterocycles. The van der Waals surface area contributed by atoms with Gasteiger partial charge in [0.25, 0.3) is 0 Å². The molecule has 0 amide bonds. The zero-order valence-electron chi connectivity index (χ0n) is 9.32. The highest BCUT2D eigenvalue weighted by Gasteiger charge is 2.42. The van der Waals surface area contributed by atoms with Crippen molar-refractivity contribution >= 4 is 11.7 Å². The maximum absolute atomic E-state index is 11.2. The van der Waals surface area contributed by atoms with E-state index in [4.69, 9.17) is 0 Å². The first-order chi connectivity index (χ1) is 7.44. The Balaban J connectivity index is 2.48. The van der Waals surface area contributed by atoms with Crippen molar-refractivity contribution < 1.29 is 15.0 Å². The number of hydrogen-bond acceptors (Lipinski definition) is 3. The molecule has 1 aliphatic heterocycles. The van der Waals surface area contributed by atoms with Crippen LogP contribution in [0.2, 0.25) is 0 Å². The lowest BCUT2D eigenvalue weighted by Crippen LogP contribution is -2.32. The van der Waals surface area contributed by atoms with E-state index in [1.807, 2.05) is 6.07 Å². The summed E-state index contributed by atoms with van der Waals surface area (Å²) in [4.78, 5) is 11.2. The van der Waals surface area contributed by atoms with E-state index < -0.39 is 11.4 Å². The number of phenolic OH excluding ortho intramolecular Hbond substituents is 1. The van der Waals surface area contributed by atoms with Gasteiger partial charge >= 0.3 is 5.97 Å². The molecule has 0 spiro atoms. The largest absolute Gasteiger partial charge is 0.508 e.